The summed E-state index contributed by atoms with van der Waals surface area (Å²) in [6, 6.07) is 7.68. The van der Waals surface area contributed by atoms with E-state index < -0.39 is 0 Å². The SMILES string of the molecule is Cc1ccccc1C(=O)N(C)C(C)(C)C. The van der Waals surface area contributed by atoms with Crippen LogP contribution in [0.1, 0.15) is 36.7 Å². The number of rotatable bonds is 1. The maximum Gasteiger partial charge on any atom is 0.254 e. The predicted molar refractivity (Wildman–Crippen MR) is 63.0 cm³/mol. The van der Waals surface area contributed by atoms with Gasteiger partial charge in [0.05, 0.1) is 0 Å². The molecular weight excluding hydrogens is 186 g/mol. The van der Waals surface area contributed by atoms with Crippen molar-refractivity contribution in [2.24, 2.45) is 0 Å². The predicted octanol–water partition coefficient (Wildman–Crippen LogP) is 2.87. The Bertz CT molecular complexity index is 363. The van der Waals surface area contributed by atoms with Crippen LogP contribution >= 0.6 is 0 Å². The van der Waals surface area contributed by atoms with E-state index in [0.717, 1.165) is 11.1 Å². The summed E-state index contributed by atoms with van der Waals surface area (Å²) in [6.45, 7) is 8.05. The van der Waals surface area contributed by atoms with E-state index in [2.05, 4.69) is 0 Å². The zero-order valence-electron chi connectivity index (χ0n) is 10.2. The van der Waals surface area contributed by atoms with Crippen molar-refractivity contribution in [3.8, 4) is 0 Å². The Morgan fingerprint density at radius 3 is 2.20 bits per heavy atom. The van der Waals surface area contributed by atoms with E-state index >= 15 is 0 Å². The van der Waals surface area contributed by atoms with Gasteiger partial charge in [0.2, 0.25) is 0 Å². The van der Waals surface area contributed by atoms with Gasteiger partial charge in [-0.3, -0.25) is 4.79 Å². The van der Waals surface area contributed by atoms with Gasteiger partial charge in [0.15, 0.2) is 0 Å². The van der Waals surface area contributed by atoms with Crippen molar-refractivity contribution in [1.29, 1.82) is 0 Å². The van der Waals surface area contributed by atoms with Gasteiger partial charge in [0, 0.05) is 18.2 Å². The van der Waals surface area contributed by atoms with Gasteiger partial charge in [0.1, 0.15) is 0 Å². The molecule has 0 aliphatic carbocycles. The molecule has 2 nitrogen and oxygen atoms in total. The van der Waals surface area contributed by atoms with E-state index in [-0.39, 0.29) is 11.4 Å². The van der Waals surface area contributed by atoms with Gasteiger partial charge < -0.3 is 4.90 Å². The van der Waals surface area contributed by atoms with Crippen molar-refractivity contribution in [3.63, 3.8) is 0 Å². The van der Waals surface area contributed by atoms with E-state index in [4.69, 9.17) is 0 Å². The molecule has 0 atom stereocenters. The van der Waals surface area contributed by atoms with Crippen LogP contribution in [0.2, 0.25) is 0 Å². The zero-order chi connectivity index (χ0) is 11.6. The maximum atomic E-state index is 12.1. The number of amides is 1. The first-order chi connectivity index (χ1) is 6.84. The van der Waals surface area contributed by atoms with E-state index in [0.29, 0.717) is 0 Å². The topological polar surface area (TPSA) is 20.3 Å². The first-order valence-electron chi connectivity index (χ1n) is 5.18. The second-order valence-electron chi connectivity index (χ2n) is 4.85. The highest BCUT2D eigenvalue weighted by Gasteiger charge is 2.23. The van der Waals surface area contributed by atoms with Gasteiger partial charge in [0.25, 0.3) is 5.91 Å². The van der Waals surface area contributed by atoms with Crippen LogP contribution in [0.25, 0.3) is 0 Å². The Kier molecular flexibility index (Phi) is 3.18. The lowest BCUT2D eigenvalue weighted by atomic mass is 10.0. The molecule has 0 saturated heterocycles. The van der Waals surface area contributed by atoms with Crippen LogP contribution in [-0.4, -0.2) is 23.4 Å². The third-order valence-electron chi connectivity index (χ3n) is 2.69. The highest BCUT2D eigenvalue weighted by atomic mass is 16.2. The number of benzene rings is 1. The standard InChI is InChI=1S/C13H19NO/c1-10-8-6-7-9-11(10)12(15)14(5)13(2,3)4/h6-9H,1-5H3. The fourth-order valence-electron chi connectivity index (χ4n) is 1.30. The minimum atomic E-state index is -0.140. The quantitative estimate of drug-likeness (QED) is 0.690. The van der Waals surface area contributed by atoms with Crippen LogP contribution in [0.5, 0.6) is 0 Å². The average molecular weight is 205 g/mol. The van der Waals surface area contributed by atoms with Crippen LogP contribution in [0.4, 0.5) is 0 Å². The summed E-state index contributed by atoms with van der Waals surface area (Å²) in [7, 11) is 1.84. The summed E-state index contributed by atoms with van der Waals surface area (Å²) >= 11 is 0. The van der Waals surface area contributed by atoms with E-state index in [1.807, 2.05) is 59.0 Å². The van der Waals surface area contributed by atoms with E-state index in [9.17, 15) is 4.79 Å². The van der Waals surface area contributed by atoms with Crippen LogP contribution in [0.3, 0.4) is 0 Å². The molecule has 0 saturated carbocycles. The van der Waals surface area contributed by atoms with Gasteiger partial charge in [-0.15, -0.1) is 0 Å². The molecule has 1 aromatic rings. The molecule has 1 rings (SSSR count). The fraction of sp³-hybridized carbons (Fsp3) is 0.462. The number of aryl methyl sites for hydroxylation is 1. The summed E-state index contributed by atoms with van der Waals surface area (Å²) in [4.78, 5) is 13.9. The molecule has 0 aliphatic heterocycles. The maximum absolute atomic E-state index is 12.1. The van der Waals surface area contributed by atoms with Crippen LogP contribution in [0, 0.1) is 6.92 Å². The number of carbonyl (C=O) groups is 1. The van der Waals surface area contributed by atoms with Gasteiger partial charge >= 0.3 is 0 Å². The lowest BCUT2D eigenvalue weighted by molar-refractivity contribution is 0.0655. The second kappa shape index (κ2) is 4.05. The number of carbonyl (C=O) groups excluding carboxylic acids is 1. The molecule has 15 heavy (non-hydrogen) atoms. The molecule has 0 heterocycles. The molecule has 0 spiro atoms. The van der Waals surface area contributed by atoms with Crippen molar-refractivity contribution in [1.82, 2.24) is 4.90 Å². The van der Waals surface area contributed by atoms with Crippen molar-refractivity contribution in [2.75, 3.05) is 7.05 Å². The summed E-state index contributed by atoms with van der Waals surface area (Å²) in [6.07, 6.45) is 0. The second-order valence-corrected chi connectivity index (χ2v) is 4.85. The highest BCUT2D eigenvalue weighted by molar-refractivity contribution is 5.95. The lowest BCUT2D eigenvalue weighted by Crippen LogP contribution is -2.42. The Morgan fingerprint density at radius 2 is 1.73 bits per heavy atom. The molecule has 2 heteroatoms. The van der Waals surface area contributed by atoms with E-state index in [1.165, 1.54) is 0 Å². The van der Waals surface area contributed by atoms with Crippen molar-refractivity contribution < 1.29 is 4.79 Å². The molecule has 0 unspecified atom stereocenters. The molecule has 0 radical (unpaired) electrons. The minimum absolute atomic E-state index is 0.0839. The van der Waals surface area contributed by atoms with Crippen LogP contribution in [0.15, 0.2) is 24.3 Å². The Labute approximate surface area is 91.9 Å². The average Bonchev–Trinajstić information content (AvgIpc) is 2.15. The smallest absolute Gasteiger partial charge is 0.254 e. The molecule has 1 aromatic carbocycles. The molecular formula is C13H19NO. The minimum Gasteiger partial charge on any atom is -0.337 e. The molecule has 0 aliphatic rings. The zero-order valence-corrected chi connectivity index (χ0v) is 10.2. The Morgan fingerprint density at radius 1 is 1.20 bits per heavy atom. The normalized spacial score (nSPS) is 11.3. The van der Waals surface area contributed by atoms with Crippen LogP contribution in [-0.2, 0) is 0 Å². The first kappa shape index (κ1) is 11.8. The molecule has 1 amide bonds. The Balaban J connectivity index is 3.01. The third-order valence-corrected chi connectivity index (χ3v) is 2.69. The van der Waals surface area contributed by atoms with Gasteiger partial charge in [-0.05, 0) is 39.3 Å². The van der Waals surface area contributed by atoms with Crippen LogP contribution < -0.4 is 0 Å². The summed E-state index contributed by atoms with van der Waals surface area (Å²) < 4.78 is 0. The molecule has 0 bridgehead atoms. The monoisotopic (exact) mass is 205 g/mol. The lowest BCUT2D eigenvalue weighted by Gasteiger charge is -2.32. The van der Waals surface area contributed by atoms with Gasteiger partial charge in [-0.1, -0.05) is 18.2 Å². The summed E-state index contributed by atoms with van der Waals surface area (Å²) in [5.74, 6) is 0.0839. The first-order valence-corrected chi connectivity index (χ1v) is 5.18. The van der Waals surface area contributed by atoms with E-state index in [1.54, 1.807) is 4.90 Å². The van der Waals surface area contributed by atoms with Gasteiger partial charge in [-0.25, -0.2) is 0 Å². The molecule has 0 N–H and O–H groups in total. The number of nitrogens with zero attached hydrogens (tertiary/aromatic N) is 1. The molecule has 0 fully saturated rings. The third kappa shape index (κ3) is 2.58. The van der Waals surface area contributed by atoms with Crippen molar-refractivity contribution >= 4 is 5.91 Å². The number of hydrogen-bond donors (Lipinski definition) is 0. The fourth-order valence-corrected chi connectivity index (χ4v) is 1.30. The summed E-state index contributed by atoms with van der Waals surface area (Å²) in [5, 5.41) is 0. The Hall–Kier alpha value is -1.31. The largest absolute Gasteiger partial charge is 0.337 e. The highest BCUT2D eigenvalue weighted by Crippen LogP contribution is 2.16. The van der Waals surface area contributed by atoms with Crippen molar-refractivity contribution in [3.05, 3.63) is 35.4 Å². The van der Waals surface area contributed by atoms with Crippen molar-refractivity contribution in [2.45, 2.75) is 33.2 Å². The molecule has 82 valence electrons. The van der Waals surface area contributed by atoms with Gasteiger partial charge in [-0.2, -0.15) is 0 Å². The summed E-state index contributed by atoms with van der Waals surface area (Å²) in [5.41, 5.74) is 1.67. The number of hydrogen-bond acceptors (Lipinski definition) is 1. The molecule has 0 aromatic heterocycles.